The van der Waals surface area contributed by atoms with Gasteiger partial charge in [-0.15, -0.1) is 0 Å². The zero-order valence-corrected chi connectivity index (χ0v) is 17.2. The molecule has 0 saturated heterocycles. The first-order valence-electron chi connectivity index (χ1n) is 9.74. The van der Waals surface area contributed by atoms with Crippen molar-refractivity contribution in [1.29, 1.82) is 0 Å². The Morgan fingerprint density at radius 1 is 1.22 bits per heavy atom. The van der Waals surface area contributed by atoms with E-state index in [-0.39, 0.29) is 6.42 Å². The lowest BCUT2D eigenvalue weighted by Crippen LogP contribution is -2.05. The van der Waals surface area contributed by atoms with Crippen LogP contribution in [0.25, 0.3) is 16.7 Å². The van der Waals surface area contributed by atoms with Crippen LogP contribution in [-0.4, -0.2) is 20.9 Å². The second kappa shape index (κ2) is 8.07. The number of carboxylic acids is 1. The zero-order chi connectivity index (χ0) is 23.0. The van der Waals surface area contributed by atoms with Crippen molar-refractivity contribution in [2.75, 3.05) is 0 Å². The van der Waals surface area contributed by atoms with Crippen LogP contribution in [0.4, 0.5) is 13.2 Å². The third-order valence-corrected chi connectivity index (χ3v) is 5.12. The van der Waals surface area contributed by atoms with Gasteiger partial charge in [0.05, 0.1) is 29.6 Å². The first-order chi connectivity index (χ1) is 15.1. The maximum absolute atomic E-state index is 12.8. The van der Waals surface area contributed by atoms with E-state index in [1.807, 2.05) is 6.92 Å². The van der Waals surface area contributed by atoms with Gasteiger partial charge in [0.15, 0.2) is 0 Å². The molecule has 1 unspecified atom stereocenters. The Bertz CT molecular complexity index is 1270. The summed E-state index contributed by atoms with van der Waals surface area (Å²) in [7, 11) is 0. The Morgan fingerprint density at radius 3 is 2.59 bits per heavy atom. The van der Waals surface area contributed by atoms with Crippen molar-refractivity contribution in [3.8, 4) is 11.4 Å². The summed E-state index contributed by atoms with van der Waals surface area (Å²) in [6, 6.07) is 9.93. The van der Waals surface area contributed by atoms with Gasteiger partial charge in [0.1, 0.15) is 17.4 Å². The number of carboxylic acid groups (broad SMARTS) is 1. The fraction of sp³-hybridized carbons (Fsp3) is 0.217. The Balaban J connectivity index is 1.53. The smallest absolute Gasteiger partial charge is 0.416 e. The predicted octanol–water partition coefficient (Wildman–Crippen LogP) is 5.71. The Kier molecular flexibility index (Phi) is 5.41. The van der Waals surface area contributed by atoms with Crippen molar-refractivity contribution in [1.82, 2.24) is 9.78 Å². The minimum atomic E-state index is -4.39. The number of hydrogen-bond acceptors (Lipinski definition) is 4. The number of hydrogen-bond donors (Lipinski definition) is 1. The molecular weight excluding hydrogens is 425 g/mol. The van der Waals surface area contributed by atoms with E-state index in [1.54, 1.807) is 31.3 Å². The van der Waals surface area contributed by atoms with Gasteiger partial charge in [0.2, 0.25) is 0 Å². The van der Waals surface area contributed by atoms with Crippen LogP contribution in [0.5, 0.6) is 5.75 Å². The fourth-order valence-corrected chi connectivity index (χ4v) is 3.51. The SMILES string of the molecule is Cc1nn(-c2ccc(C(F)(F)F)cc2)cc1C(C)Oc1ccc2c(CC(=O)O)coc2c1. The van der Waals surface area contributed by atoms with E-state index in [0.29, 0.717) is 33.7 Å². The van der Waals surface area contributed by atoms with Crippen molar-refractivity contribution >= 4 is 16.9 Å². The number of aryl methyl sites for hydroxylation is 1. The highest BCUT2D eigenvalue weighted by Crippen LogP contribution is 2.31. The second-order valence-electron chi connectivity index (χ2n) is 7.41. The molecule has 166 valence electrons. The quantitative estimate of drug-likeness (QED) is 0.412. The van der Waals surface area contributed by atoms with Crippen molar-refractivity contribution in [2.24, 2.45) is 0 Å². The second-order valence-corrected chi connectivity index (χ2v) is 7.41. The maximum Gasteiger partial charge on any atom is 0.416 e. The number of aliphatic carboxylic acids is 1. The zero-order valence-electron chi connectivity index (χ0n) is 17.2. The monoisotopic (exact) mass is 444 g/mol. The van der Waals surface area contributed by atoms with Crippen molar-refractivity contribution in [2.45, 2.75) is 32.5 Å². The van der Waals surface area contributed by atoms with Crippen LogP contribution in [0.1, 0.15) is 35.4 Å². The summed E-state index contributed by atoms with van der Waals surface area (Å²) in [6.45, 7) is 3.63. The molecule has 2 heterocycles. The number of benzene rings is 2. The number of furan rings is 1. The molecule has 0 bridgehead atoms. The molecule has 1 N–H and O–H groups in total. The van der Waals surface area contributed by atoms with E-state index < -0.39 is 23.8 Å². The van der Waals surface area contributed by atoms with E-state index in [4.69, 9.17) is 14.3 Å². The summed E-state index contributed by atoms with van der Waals surface area (Å²) in [5.41, 5.74) is 2.34. The third-order valence-electron chi connectivity index (χ3n) is 5.12. The van der Waals surface area contributed by atoms with E-state index in [9.17, 15) is 18.0 Å². The average Bonchev–Trinajstić information content (AvgIpc) is 3.30. The van der Waals surface area contributed by atoms with Crippen LogP contribution in [0.3, 0.4) is 0 Å². The molecule has 32 heavy (non-hydrogen) atoms. The number of rotatable bonds is 6. The first kappa shape index (κ1) is 21.5. The highest BCUT2D eigenvalue weighted by atomic mass is 19.4. The van der Waals surface area contributed by atoms with E-state index in [1.165, 1.54) is 23.1 Å². The van der Waals surface area contributed by atoms with Crippen LogP contribution in [0.15, 0.2) is 59.3 Å². The molecule has 0 aliphatic rings. The molecule has 0 amide bonds. The van der Waals surface area contributed by atoms with Gasteiger partial charge in [0.25, 0.3) is 0 Å². The molecule has 4 aromatic rings. The highest BCUT2D eigenvalue weighted by molar-refractivity contribution is 5.86. The average molecular weight is 444 g/mol. The van der Waals surface area contributed by atoms with Gasteiger partial charge in [-0.25, -0.2) is 4.68 Å². The molecule has 4 rings (SSSR count). The molecule has 0 aliphatic carbocycles. The highest BCUT2D eigenvalue weighted by Gasteiger charge is 2.30. The number of ether oxygens (including phenoxy) is 1. The number of aromatic nitrogens is 2. The number of carbonyl (C=O) groups is 1. The molecule has 0 spiro atoms. The molecule has 2 aromatic heterocycles. The number of halogens is 3. The molecule has 0 saturated carbocycles. The first-order valence-corrected chi connectivity index (χ1v) is 9.74. The Morgan fingerprint density at radius 2 is 1.94 bits per heavy atom. The maximum atomic E-state index is 12.8. The van der Waals surface area contributed by atoms with Crippen LogP contribution in [0.2, 0.25) is 0 Å². The Labute approximate surface area is 180 Å². The molecule has 0 aliphatic heterocycles. The van der Waals surface area contributed by atoms with Gasteiger partial charge in [-0.1, -0.05) is 0 Å². The third kappa shape index (κ3) is 4.32. The number of fused-ring (bicyclic) bond motifs is 1. The molecule has 9 heteroatoms. The van der Waals surface area contributed by atoms with Crippen molar-refractivity contribution in [3.05, 3.63) is 77.3 Å². The lowest BCUT2D eigenvalue weighted by atomic mass is 10.1. The molecule has 1 atom stereocenters. The van der Waals surface area contributed by atoms with Gasteiger partial charge < -0.3 is 14.3 Å². The summed E-state index contributed by atoms with van der Waals surface area (Å²) in [6.07, 6.45) is -1.78. The van der Waals surface area contributed by atoms with Gasteiger partial charge in [-0.2, -0.15) is 18.3 Å². The van der Waals surface area contributed by atoms with Crippen LogP contribution < -0.4 is 4.74 Å². The summed E-state index contributed by atoms with van der Waals surface area (Å²) >= 11 is 0. The van der Waals surface area contributed by atoms with Gasteiger partial charge >= 0.3 is 12.1 Å². The van der Waals surface area contributed by atoms with Crippen LogP contribution in [-0.2, 0) is 17.4 Å². The van der Waals surface area contributed by atoms with Gasteiger partial charge in [-0.05, 0) is 50.2 Å². The summed E-state index contributed by atoms with van der Waals surface area (Å²) in [5.74, 6) is -0.412. The molecule has 0 fully saturated rings. The topological polar surface area (TPSA) is 77.5 Å². The van der Waals surface area contributed by atoms with Crippen LogP contribution >= 0.6 is 0 Å². The number of nitrogens with zero attached hydrogens (tertiary/aromatic N) is 2. The summed E-state index contributed by atoms with van der Waals surface area (Å²) in [4.78, 5) is 11.0. The standard InChI is InChI=1S/C23H19F3N2O4/c1-13-20(11-28(27-13)17-5-3-16(4-6-17)23(24,25)26)14(2)32-18-7-8-19-15(9-22(29)30)12-31-21(19)10-18/h3-8,10-12,14H,9H2,1-2H3,(H,29,30). The van der Waals surface area contributed by atoms with Gasteiger partial charge in [0, 0.05) is 28.8 Å². The molecule has 0 radical (unpaired) electrons. The molecular formula is C23H19F3N2O4. The van der Waals surface area contributed by atoms with Crippen molar-refractivity contribution < 1.29 is 32.2 Å². The summed E-state index contributed by atoms with van der Waals surface area (Å²) in [5, 5.41) is 14.1. The minimum absolute atomic E-state index is 0.133. The normalized spacial score (nSPS) is 12.8. The largest absolute Gasteiger partial charge is 0.486 e. The predicted molar refractivity (Wildman–Crippen MR) is 110 cm³/mol. The van der Waals surface area contributed by atoms with E-state index in [0.717, 1.165) is 17.7 Å². The van der Waals surface area contributed by atoms with Gasteiger partial charge in [-0.3, -0.25) is 4.79 Å². The van der Waals surface area contributed by atoms with E-state index in [2.05, 4.69) is 5.10 Å². The lowest BCUT2D eigenvalue weighted by molar-refractivity contribution is -0.138. The summed E-state index contributed by atoms with van der Waals surface area (Å²) < 4.78 is 51.3. The molecule has 2 aromatic carbocycles. The lowest BCUT2D eigenvalue weighted by Gasteiger charge is -2.14. The van der Waals surface area contributed by atoms with E-state index >= 15 is 0 Å². The Hall–Kier alpha value is -3.75. The fourth-order valence-electron chi connectivity index (χ4n) is 3.51. The molecule has 6 nitrogen and oxygen atoms in total. The van der Waals surface area contributed by atoms with Crippen molar-refractivity contribution in [3.63, 3.8) is 0 Å². The minimum Gasteiger partial charge on any atom is -0.486 e. The van der Waals surface area contributed by atoms with Crippen LogP contribution in [0, 0.1) is 6.92 Å². The number of alkyl halides is 3.